The maximum Gasteiger partial charge on any atom is 0.230 e. The molecule has 0 saturated carbocycles. The Morgan fingerprint density at radius 1 is 1.22 bits per heavy atom. The molecule has 0 bridgehead atoms. The summed E-state index contributed by atoms with van der Waals surface area (Å²) >= 11 is 7.67. The highest BCUT2D eigenvalue weighted by Gasteiger charge is 2.07. The summed E-state index contributed by atoms with van der Waals surface area (Å²) in [5.41, 5.74) is 2.14. The Morgan fingerprint density at radius 2 is 2.11 bits per heavy atom. The first-order valence-corrected chi connectivity index (χ1v) is 6.72. The number of hydrogen-bond donors (Lipinski definition) is 1. The SMILES string of the molecule is Cc1cccc(Nc2nc(Cl)c3ccsc3n2)c1. The lowest BCUT2D eigenvalue weighted by Gasteiger charge is -2.06. The van der Waals surface area contributed by atoms with E-state index >= 15 is 0 Å². The van der Waals surface area contributed by atoms with Crippen molar-refractivity contribution >= 4 is 44.8 Å². The smallest absolute Gasteiger partial charge is 0.230 e. The van der Waals surface area contributed by atoms with Crippen molar-refractivity contribution in [3.8, 4) is 0 Å². The molecule has 18 heavy (non-hydrogen) atoms. The first-order chi connectivity index (χ1) is 8.72. The highest BCUT2D eigenvalue weighted by molar-refractivity contribution is 7.16. The quantitative estimate of drug-likeness (QED) is 0.705. The van der Waals surface area contributed by atoms with E-state index in [0.29, 0.717) is 11.1 Å². The van der Waals surface area contributed by atoms with Crippen LogP contribution in [0.15, 0.2) is 35.7 Å². The average molecular weight is 276 g/mol. The van der Waals surface area contributed by atoms with Crippen molar-refractivity contribution < 1.29 is 0 Å². The summed E-state index contributed by atoms with van der Waals surface area (Å²) in [5.74, 6) is 0.528. The van der Waals surface area contributed by atoms with Crippen molar-refractivity contribution in [1.82, 2.24) is 9.97 Å². The minimum absolute atomic E-state index is 0.483. The van der Waals surface area contributed by atoms with Gasteiger partial charge in [0.1, 0.15) is 9.98 Å². The van der Waals surface area contributed by atoms with Crippen LogP contribution >= 0.6 is 22.9 Å². The highest BCUT2D eigenvalue weighted by atomic mass is 35.5. The lowest BCUT2D eigenvalue weighted by Crippen LogP contribution is -1.97. The van der Waals surface area contributed by atoms with Crippen molar-refractivity contribution in [1.29, 1.82) is 0 Å². The van der Waals surface area contributed by atoms with Crippen molar-refractivity contribution in [3.05, 3.63) is 46.4 Å². The molecule has 2 aromatic heterocycles. The van der Waals surface area contributed by atoms with Gasteiger partial charge in [-0.2, -0.15) is 0 Å². The summed E-state index contributed by atoms with van der Waals surface area (Å²) in [6, 6.07) is 9.97. The molecule has 5 heteroatoms. The van der Waals surface area contributed by atoms with Crippen LogP contribution in [0, 0.1) is 6.92 Å². The van der Waals surface area contributed by atoms with Crippen LogP contribution in [-0.4, -0.2) is 9.97 Å². The zero-order valence-electron chi connectivity index (χ0n) is 9.64. The lowest BCUT2D eigenvalue weighted by molar-refractivity contribution is 1.22. The topological polar surface area (TPSA) is 37.8 Å². The van der Waals surface area contributed by atoms with Gasteiger partial charge in [-0.05, 0) is 36.1 Å². The van der Waals surface area contributed by atoms with Crippen molar-refractivity contribution in [2.45, 2.75) is 6.92 Å². The Labute approximate surface area is 113 Å². The van der Waals surface area contributed by atoms with E-state index in [2.05, 4.69) is 15.3 Å². The second-order valence-corrected chi connectivity index (χ2v) is 5.22. The van der Waals surface area contributed by atoms with Gasteiger partial charge in [0.2, 0.25) is 5.95 Å². The fourth-order valence-corrected chi connectivity index (χ4v) is 2.78. The van der Waals surface area contributed by atoms with E-state index in [0.717, 1.165) is 15.9 Å². The minimum atomic E-state index is 0.483. The van der Waals surface area contributed by atoms with Gasteiger partial charge in [-0.1, -0.05) is 23.7 Å². The number of rotatable bonds is 2. The molecule has 3 nitrogen and oxygen atoms in total. The number of nitrogens with one attached hydrogen (secondary N) is 1. The number of nitrogens with zero attached hydrogens (tertiary/aromatic N) is 2. The number of thiophene rings is 1. The Kier molecular flexibility index (Phi) is 2.89. The highest BCUT2D eigenvalue weighted by Crippen LogP contribution is 2.27. The molecule has 3 aromatic rings. The molecule has 0 aliphatic carbocycles. The fraction of sp³-hybridized carbons (Fsp3) is 0.0769. The zero-order valence-corrected chi connectivity index (χ0v) is 11.2. The number of aromatic nitrogens is 2. The van der Waals surface area contributed by atoms with Gasteiger partial charge in [-0.25, -0.2) is 9.97 Å². The molecular weight excluding hydrogens is 266 g/mol. The van der Waals surface area contributed by atoms with E-state index in [1.807, 2.05) is 42.6 Å². The normalized spacial score (nSPS) is 10.8. The molecular formula is C13H10ClN3S. The third kappa shape index (κ3) is 2.17. The van der Waals surface area contributed by atoms with Crippen LogP contribution in [0.5, 0.6) is 0 Å². The molecule has 0 radical (unpaired) electrons. The van der Waals surface area contributed by atoms with Crippen LogP contribution in [0.4, 0.5) is 11.6 Å². The molecule has 0 saturated heterocycles. The largest absolute Gasteiger partial charge is 0.324 e. The van der Waals surface area contributed by atoms with Crippen LogP contribution in [0.25, 0.3) is 10.2 Å². The maximum atomic E-state index is 6.12. The fourth-order valence-electron chi connectivity index (χ4n) is 1.73. The third-order valence-corrected chi connectivity index (χ3v) is 3.65. The van der Waals surface area contributed by atoms with Crippen LogP contribution in [0.3, 0.4) is 0 Å². The molecule has 0 unspecified atom stereocenters. The molecule has 0 amide bonds. The van der Waals surface area contributed by atoms with Crippen molar-refractivity contribution in [2.75, 3.05) is 5.32 Å². The predicted octanol–water partition coefficient (Wildman–Crippen LogP) is 4.40. The Bertz CT molecular complexity index is 708. The van der Waals surface area contributed by atoms with Crippen molar-refractivity contribution in [2.24, 2.45) is 0 Å². The van der Waals surface area contributed by atoms with Gasteiger partial charge in [-0.15, -0.1) is 11.3 Å². The van der Waals surface area contributed by atoms with Crippen LogP contribution < -0.4 is 5.32 Å². The van der Waals surface area contributed by atoms with Gasteiger partial charge in [0.15, 0.2) is 0 Å². The Morgan fingerprint density at radius 3 is 2.94 bits per heavy atom. The summed E-state index contributed by atoms with van der Waals surface area (Å²) in [6.45, 7) is 2.04. The number of benzene rings is 1. The molecule has 0 spiro atoms. The number of anilines is 2. The summed E-state index contributed by atoms with van der Waals surface area (Å²) in [4.78, 5) is 9.57. The number of aryl methyl sites for hydroxylation is 1. The van der Waals surface area contributed by atoms with E-state index < -0.39 is 0 Å². The Balaban J connectivity index is 1.99. The van der Waals surface area contributed by atoms with E-state index in [4.69, 9.17) is 11.6 Å². The van der Waals surface area contributed by atoms with Crippen molar-refractivity contribution in [3.63, 3.8) is 0 Å². The summed E-state index contributed by atoms with van der Waals surface area (Å²) in [5, 5.41) is 6.51. The van der Waals surface area contributed by atoms with E-state index in [-0.39, 0.29) is 0 Å². The van der Waals surface area contributed by atoms with Crippen LogP contribution in [0.1, 0.15) is 5.56 Å². The molecule has 1 aromatic carbocycles. The second-order valence-electron chi connectivity index (χ2n) is 3.97. The molecule has 1 N–H and O–H groups in total. The van der Waals surface area contributed by atoms with Gasteiger partial charge < -0.3 is 5.32 Å². The molecule has 0 fully saturated rings. The molecule has 0 aliphatic heterocycles. The summed E-state index contributed by atoms with van der Waals surface area (Å²) < 4.78 is 0. The maximum absolute atomic E-state index is 6.12. The van der Waals surface area contributed by atoms with Gasteiger partial charge in [0, 0.05) is 11.1 Å². The second kappa shape index (κ2) is 4.55. The standard InChI is InChI=1S/C13H10ClN3S/c1-8-3-2-4-9(7-8)15-13-16-11(14)10-5-6-18-12(10)17-13/h2-7H,1H3,(H,15,16,17). The van der Waals surface area contributed by atoms with E-state index in [1.54, 1.807) is 11.3 Å². The van der Waals surface area contributed by atoms with Gasteiger partial charge >= 0.3 is 0 Å². The molecule has 2 heterocycles. The number of fused-ring (bicyclic) bond motifs is 1. The number of hydrogen-bond acceptors (Lipinski definition) is 4. The third-order valence-electron chi connectivity index (χ3n) is 2.55. The average Bonchev–Trinajstić information content (AvgIpc) is 2.77. The monoisotopic (exact) mass is 275 g/mol. The van der Waals surface area contributed by atoms with Crippen LogP contribution in [-0.2, 0) is 0 Å². The first-order valence-electron chi connectivity index (χ1n) is 5.47. The van der Waals surface area contributed by atoms with Gasteiger partial charge in [0.25, 0.3) is 0 Å². The predicted molar refractivity (Wildman–Crippen MR) is 76.9 cm³/mol. The number of halogens is 1. The summed E-state index contributed by atoms with van der Waals surface area (Å²) in [7, 11) is 0. The van der Waals surface area contributed by atoms with Gasteiger partial charge in [-0.3, -0.25) is 0 Å². The summed E-state index contributed by atoms with van der Waals surface area (Å²) in [6.07, 6.45) is 0. The molecule has 0 aliphatic rings. The molecule has 90 valence electrons. The zero-order chi connectivity index (χ0) is 12.5. The minimum Gasteiger partial charge on any atom is -0.324 e. The molecule has 3 rings (SSSR count). The van der Waals surface area contributed by atoms with E-state index in [1.165, 1.54) is 5.56 Å². The molecule has 0 atom stereocenters. The van der Waals surface area contributed by atoms with Crippen LogP contribution in [0.2, 0.25) is 5.15 Å². The first kappa shape index (κ1) is 11.4. The lowest BCUT2D eigenvalue weighted by atomic mass is 10.2. The Hall–Kier alpha value is -1.65. The van der Waals surface area contributed by atoms with Gasteiger partial charge in [0.05, 0.1) is 0 Å². The van der Waals surface area contributed by atoms with E-state index in [9.17, 15) is 0 Å².